The van der Waals surface area contributed by atoms with Gasteiger partial charge in [0.25, 0.3) is 0 Å². The highest BCUT2D eigenvalue weighted by atomic mass is 32.2. The zero-order valence-electron chi connectivity index (χ0n) is 8.50. The van der Waals surface area contributed by atoms with E-state index in [0.717, 1.165) is 0 Å². The molecular formula is C8H14F3NO3S. The number of rotatable bonds is 8. The molecule has 0 aliphatic carbocycles. The van der Waals surface area contributed by atoms with Crippen LogP contribution in [-0.4, -0.2) is 48.0 Å². The number of alkyl halides is 3. The SMILES string of the molecule is N[C@@H](CSCCCOCC(F)(F)F)C(=O)O. The maximum absolute atomic E-state index is 11.6. The maximum atomic E-state index is 11.6. The van der Waals surface area contributed by atoms with E-state index >= 15 is 0 Å². The van der Waals surface area contributed by atoms with Gasteiger partial charge in [-0.15, -0.1) is 0 Å². The normalized spacial score (nSPS) is 13.8. The number of hydrogen-bond acceptors (Lipinski definition) is 4. The molecule has 0 saturated carbocycles. The van der Waals surface area contributed by atoms with Crippen LogP contribution in [0.1, 0.15) is 6.42 Å². The lowest BCUT2D eigenvalue weighted by Gasteiger charge is -2.08. The number of aliphatic carboxylic acids is 1. The number of nitrogens with two attached hydrogens (primary N) is 1. The monoisotopic (exact) mass is 261 g/mol. The van der Waals surface area contributed by atoms with Gasteiger partial charge in [0.15, 0.2) is 0 Å². The van der Waals surface area contributed by atoms with Crippen LogP contribution in [0.5, 0.6) is 0 Å². The molecule has 0 saturated heterocycles. The number of thioether (sulfide) groups is 1. The quantitative estimate of drug-likeness (QED) is 0.640. The van der Waals surface area contributed by atoms with Crippen molar-refractivity contribution in [2.75, 3.05) is 24.7 Å². The van der Waals surface area contributed by atoms with E-state index in [4.69, 9.17) is 10.8 Å². The summed E-state index contributed by atoms with van der Waals surface area (Å²) in [4.78, 5) is 10.3. The molecule has 16 heavy (non-hydrogen) atoms. The third-order valence-corrected chi connectivity index (χ3v) is 2.63. The summed E-state index contributed by atoms with van der Waals surface area (Å²) in [7, 11) is 0. The molecule has 0 rings (SSSR count). The van der Waals surface area contributed by atoms with Crippen LogP contribution in [0.25, 0.3) is 0 Å². The summed E-state index contributed by atoms with van der Waals surface area (Å²) >= 11 is 1.28. The highest BCUT2D eigenvalue weighted by molar-refractivity contribution is 7.99. The van der Waals surface area contributed by atoms with Crippen molar-refractivity contribution in [3.8, 4) is 0 Å². The first-order chi connectivity index (χ1) is 7.33. The lowest BCUT2D eigenvalue weighted by Crippen LogP contribution is -2.32. The first kappa shape index (κ1) is 15.5. The Balaban J connectivity index is 3.25. The molecule has 0 aromatic rings. The Morgan fingerprint density at radius 1 is 1.50 bits per heavy atom. The van der Waals surface area contributed by atoms with Crippen LogP contribution in [-0.2, 0) is 9.53 Å². The van der Waals surface area contributed by atoms with Crippen molar-refractivity contribution >= 4 is 17.7 Å². The van der Waals surface area contributed by atoms with Gasteiger partial charge in [-0.25, -0.2) is 0 Å². The van der Waals surface area contributed by atoms with Crippen LogP contribution < -0.4 is 5.73 Å². The van der Waals surface area contributed by atoms with Crippen molar-refractivity contribution in [2.24, 2.45) is 5.73 Å². The molecule has 0 fully saturated rings. The molecular weight excluding hydrogens is 247 g/mol. The summed E-state index contributed by atoms with van der Waals surface area (Å²) in [6.45, 7) is -1.23. The summed E-state index contributed by atoms with van der Waals surface area (Å²) in [5.74, 6) is -0.311. The second kappa shape index (κ2) is 7.75. The molecule has 0 amide bonds. The van der Waals surface area contributed by atoms with Gasteiger partial charge in [-0.1, -0.05) is 0 Å². The van der Waals surface area contributed by atoms with E-state index in [1.54, 1.807) is 0 Å². The molecule has 0 radical (unpaired) electrons. The molecule has 0 aromatic heterocycles. The molecule has 0 aliphatic heterocycles. The smallest absolute Gasteiger partial charge is 0.411 e. The third kappa shape index (κ3) is 10.1. The zero-order chi connectivity index (χ0) is 12.6. The summed E-state index contributed by atoms with van der Waals surface area (Å²) in [5, 5.41) is 8.42. The van der Waals surface area contributed by atoms with Crippen molar-refractivity contribution in [3.63, 3.8) is 0 Å². The van der Waals surface area contributed by atoms with Crippen LogP contribution >= 0.6 is 11.8 Å². The summed E-state index contributed by atoms with van der Waals surface area (Å²) in [5.41, 5.74) is 5.21. The number of hydrogen-bond donors (Lipinski definition) is 2. The van der Waals surface area contributed by atoms with E-state index in [0.29, 0.717) is 12.2 Å². The maximum Gasteiger partial charge on any atom is 0.411 e. The molecule has 96 valence electrons. The Kier molecular flexibility index (Phi) is 7.52. The van der Waals surface area contributed by atoms with E-state index in [-0.39, 0.29) is 12.4 Å². The highest BCUT2D eigenvalue weighted by Crippen LogP contribution is 2.14. The van der Waals surface area contributed by atoms with Crippen molar-refractivity contribution in [1.29, 1.82) is 0 Å². The first-order valence-electron chi connectivity index (χ1n) is 4.53. The number of carboxylic acid groups (broad SMARTS) is 1. The lowest BCUT2D eigenvalue weighted by molar-refractivity contribution is -0.173. The van der Waals surface area contributed by atoms with Gasteiger partial charge in [-0.05, 0) is 12.2 Å². The Hall–Kier alpha value is -0.470. The number of carbonyl (C=O) groups is 1. The molecule has 8 heteroatoms. The fourth-order valence-electron chi connectivity index (χ4n) is 0.733. The van der Waals surface area contributed by atoms with E-state index < -0.39 is 24.8 Å². The van der Waals surface area contributed by atoms with Gasteiger partial charge in [-0.3, -0.25) is 4.79 Å². The molecule has 0 bridgehead atoms. The van der Waals surface area contributed by atoms with Crippen molar-refractivity contribution in [1.82, 2.24) is 0 Å². The molecule has 1 atom stereocenters. The summed E-state index contributed by atoms with van der Waals surface area (Å²) in [6.07, 6.45) is -3.86. The number of ether oxygens (including phenoxy) is 1. The number of carboxylic acids is 1. The van der Waals surface area contributed by atoms with E-state index in [2.05, 4.69) is 4.74 Å². The van der Waals surface area contributed by atoms with Crippen LogP contribution in [0.4, 0.5) is 13.2 Å². The standard InChI is InChI=1S/C8H14F3NO3S/c9-8(10,11)5-15-2-1-3-16-4-6(12)7(13)14/h6H,1-5,12H2,(H,13,14)/t6-/m0/s1. The van der Waals surface area contributed by atoms with E-state index in [9.17, 15) is 18.0 Å². The Morgan fingerprint density at radius 3 is 2.62 bits per heavy atom. The van der Waals surface area contributed by atoms with Gasteiger partial charge in [-0.2, -0.15) is 24.9 Å². The van der Waals surface area contributed by atoms with Crippen molar-refractivity contribution < 1.29 is 27.8 Å². The molecule has 0 heterocycles. The van der Waals surface area contributed by atoms with Gasteiger partial charge in [0, 0.05) is 12.4 Å². The van der Waals surface area contributed by atoms with Gasteiger partial charge < -0.3 is 15.6 Å². The predicted octanol–water partition coefficient (Wildman–Crippen LogP) is 1.10. The Labute approximate surface area is 95.3 Å². The Morgan fingerprint density at radius 2 is 2.12 bits per heavy atom. The van der Waals surface area contributed by atoms with Gasteiger partial charge in [0.05, 0.1) is 0 Å². The molecule has 4 nitrogen and oxygen atoms in total. The molecule has 0 spiro atoms. The van der Waals surface area contributed by atoms with E-state index in [1.807, 2.05) is 0 Å². The molecule has 3 N–H and O–H groups in total. The van der Waals surface area contributed by atoms with Crippen LogP contribution in [0.3, 0.4) is 0 Å². The molecule has 0 aliphatic rings. The van der Waals surface area contributed by atoms with Crippen molar-refractivity contribution in [3.05, 3.63) is 0 Å². The number of halogens is 3. The molecule has 0 unspecified atom stereocenters. The van der Waals surface area contributed by atoms with Crippen LogP contribution in [0.15, 0.2) is 0 Å². The van der Waals surface area contributed by atoms with Gasteiger partial charge >= 0.3 is 12.1 Å². The third-order valence-electron chi connectivity index (χ3n) is 1.46. The largest absolute Gasteiger partial charge is 0.480 e. The van der Waals surface area contributed by atoms with Crippen LogP contribution in [0, 0.1) is 0 Å². The second-order valence-electron chi connectivity index (χ2n) is 3.04. The minimum absolute atomic E-state index is 0.00875. The minimum atomic E-state index is -4.29. The lowest BCUT2D eigenvalue weighted by atomic mass is 10.4. The minimum Gasteiger partial charge on any atom is -0.480 e. The topological polar surface area (TPSA) is 72.5 Å². The van der Waals surface area contributed by atoms with E-state index in [1.165, 1.54) is 11.8 Å². The van der Waals surface area contributed by atoms with Gasteiger partial charge in [0.1, 0.15) is 12.6 Å². The average molecular weight is 261 g/mol. The Bertz CT molecular complexity index is 213. The summed E-state index contributed by atoms with van der Waals surface area (Å²) in [6, 6.07) is -0.930. The fraction of sp³-hybridized carbons (Fsp3) is 0.875. The fourth-order valence-corrected chi connectivity index (χ4v) is 1.62. The second-order valence-corrected chi connectivity index (χ2v) is 4.19. The average Bonchev–Trinajstić information content (AvgIpc) is 2.14. The highest BCUT2D eigenvalue weighted by Gasteiger charge is 2.27. The van der Waals surface area contributed by atoms with Gasteiger partial charge in [0.2, 0.25) is 0 Å². The molecule has 0 aromatic carbocycles. The predicted molar refractivity (Wildman–Crippen MR) is 54.4 cm³/mol. The zero-order valence-corrected chi connectivity index (χ0v) is 9.31. The van der Waals surface area contributed by atoms with Crippen LogP contribution in [0.2, 0.25) is 0 Å². The summed E-state index contributed by atoms with van der Waals surface area (Å²) < 4.78 is 39.2. The van der Waals surface area contributed by atoms with Crippen molar-refractivity contribution in [2.45, 2.75) is 18.6 Å². The first-order valence-corrected chi connectivity index (χ1v) is 5.69.